The van der Waals surface area contributed by atoms with Crippen molar-refractivity contribution in [2.24, 2.45) is 0 Å². The fourth-order valence-electron chi connectivity index (χ4n) is 3.90. The molecule has 1 amide bonds. The number of ether oxygens (including phenoxy) is 1. The minimum Gasteiger partial charge on any atom is -0.444 e. The highest BCUT2D eigenvalue weighted by Gasteiger charge is 2.48. The number of benzene rings is 1. The molecule has 4 rings (SSSR count). The fraction of sp³-hybridized carbons (Fsp3) is 0.458. The minimum atomic E-state index is -4.84. The first-order valence-electron chi connectivity index (χ1n) is 13.2. The molecule has 1 aliphatic heterocycles. The number of alkyl halides is 3. The Labute approximate surface area is 207 Å². The summed E-state index contributed by atoms with van der Waals surface area (Å²) in [4.78, 5) is 17.9. The maximum Gasteiger partial charge on any atom is 0.435 e. The molecular weight excluding hydrogens is 466 g/mol. The number of nitrogens with zero attached hydrogens (tertiary/aromatic N) is 4. The number of rotatable bonds is 5. The molecule has 1 aliphatic rings. The van der Waals surface area contributed by atoms with Gasteiger partial charge in [-0.05, 0) is 44.8 Å². The maximum absolute atomic E-state index is 13.7. The van der Waals surface area contributed by atoms with Crippen molar-refractivity contribution in [2.45, 2.75) is 51.2 Å². The van der Waals surface area contributed by atoms with Crippen molar-refractivity contribution < 1.29 is 33.9 Å². The van der Waals surface area contributed by atoms with Crippen LogP contribution in [0.5, 0.6) is 0 Å². The lowest BCUT2D eigenvalue weighted by atomic mass is 9.73. The van der Waals surface area contributed by atoms with Gasteiger partial charge < -0.3 is 15.0 Å². The van der Waals surface area contributed by atoms with Crippen molar-refractivity contribution in [1.82, 2.24) is 19.5 Å². The number of carbonyl (C=O) groups is 1. The number of halogens is 4. The van der Waals surface area contributed by atoms with Crippen molar-refractivity contribution in [1.29, 1.82) is 0 Å². The molecule has 0 saturated carbocycles. The van der Waals surface area contributed by atoms with Crippen molar-refractivity contribution in [3.63, 3.8) is 0 Å². The lowest BCUT2D eigenvalue weighted by molar-refractivity contribution is -0.141. The van der Waals surface area contributed by atoms with E-state index >= 15 is 0 Å². The summed E-state index contributed by atoms with van der Waals surface area (Å²) >= 11 is 0. The number of nitrogens with one attached hydrogen (secondary N) is 1. The van der Waals surface area contributed by atoms with E-state index in [0.29, 0.717) is 11.6 Å². The Morgan fingerprint density at radius 2 is 1.91 bits per heavy atom. The molecule has 3 heterocycles. The van der Waals surface area contributed by atoms with Gasteiger partial charge in [0.2, 0.25) is 0 Å². The molecule has 1 fully saturated rings. The molecule has 35 heavy (non-hydrogen) atoms. The first-order chi connectivity index (χ1) is 18.2. The molecule has 0 spiro atoms. The standard InChI is InChI=1S/C24H27F4N5O2/c1-5-17-10-19(33-20(30-17)11-18(31-33)24(26,27)28)29-12-23(15-6-8-16(25)9-7-15)13-32(14-23)21(34)35-22(2,3)4/h6-11,29H,5,12-14H2,1-4H3/i1D3,5D2. The zero-order chi connectivity index (χ0) is 29.9. The van der Waals surface area contributed by atoms with E-state index in [-0.39, 0.29) is 25.5 Å². The molecule has 0 bridgehead atoms. The second kappa shape index (κ2) is 8.69. The van der Waals surface area contributed by atoms with E-state index in [0.717, 1.165) is 10.6 Å². The van der Waals surface area contributed by atoms with Crippen LogP contribution in [-0.2, 0) is 22.7 Å². The van der Waals surface area contributed by atoms with Crippen LogP contribution in [0.3, 0.4) is 0 Å². The summed E-state index contributed by atoms with van der Waals surface area (Å²) in [5.74, 6) is -0.639. The van der Waals surface area contributed by atoms with Crippen LogP contribution in [0.4, 0.5) is 28.2 Å². The van der Waals surface area contributed by atoms with Crippen LogP contribution in [0.1, 0.15) is 51.4 Å². The van der Waals surface area contributed by atoms with Gasteiger partial charge in [-0.15, -0.1) is 0 Å². The Bertz CT molecular complexity index is 1410. The van der Waals surface area contributed by atoms with Gasteiger partial charge in [0.1, 0.15) is 17.2 Å². The van der Waals surface area contributed by atoms with Crippen LogP contribution in [0, 0.1) is 5.82 Å². The molecule has 11 heteroatoms. The third kappa shape index (κ3) is 5.18. The lowest BCUT2D eigenvalue weighted by Gasteiger charge is -2.50. The molecular formula is C24H27F4N5O2. The highest BCUT2D eigenvalue weighted by Crippen LogP contribution is 2.36. The molecule has 3 aromatic rings. The summed E-state index contributed by atoms with van der Waals surface area (Å²) in [6.45, 7) is 2.18. The first kappa shape index (κ1) is 18.9. The number of aromatic nitrogens is 3. The van der Waals surface area contributed by atoms with E-state index in [9.17, 15) is 22.4 Å². The number of carbonyl (C=O) groups excluding carboxylic acids is 1. The topological polar surface area (TPSA) is 71.8 Å². The molecule has 1 saturated heterocycles. The average molecular weight is 499 g/mol. The van der Waals surface area contributed by atoms with E-state index in [4.69, 9.17) is 11.6 Å². The SMILES string of the molecule is [2H]C([2H])([2H])C([2H])([2H])c1cc(NCC2(c3ccc(F)cc3)CN(C(=O)OC(C)(C)C)C2)n2nc(C(F)(F)F)cc2n1. The predicted molar refractivity (Wildman–Crippen MR) is 122 cm³/mol. The Kier molecular flexibility index (Phi) is 4.69. The monoisotopic (exact) mass is 498 g/mol. The van der Waals surface area contributed by atoms with Crippen LogP contribution in [-0.4, -0.2) is 50.8 Å². The highest BCUT2D eigenvalue weighted by molar-refractivity contribution is 5.70. The zero-order valence-corrected chi connectivity index (χ0v) is 19.2. The van der Waals surface area contributed by atoms with Crippen molar-refractivity contribution in [3.8, 4) is 0 Å². The molecule has 7 nitrogen and oxygen atoms in total. The van der Waals surface area contributed by atoms with Crippen LogP contribution >= 0.6 is 0 Å². The van der Waals surface area contributed by atoms with Crippen molar-refractivity contribution >= 4 is 17.6 Å². The predicted octanol–water partition coefficient (Wildman–Crippen LogP) is 5.05. The number of aryl methyl sites for hydroxylation is 1. The Morgan fingerprint density at radius 1 is 1.23 bits per heavy atom. The summed E-state index contributed by atoms with van der Waals surface area (Å²) in [7, 11) is 0. The molecule has 1 aromatic carbocycles. The third-order valence-electron chi connectivity index (χ3n) is 5.55. The van der Waals surface area contributed by atoms with Gasteiger partial charge in [-0.1, -0.05) is 19.0 Å². The minimum absolute atomic E-state index is 0.0194. The van der Waals surface area contributed by atoms with Gasteiger partial charge in [-0.2, -0.15) is 22.8 Å². The first-order valence-corrected chi connectivity index (χ1v) is 10.7. The average Bonchev–Trinajstić information content (AvgIpc) is 3.22. The summed E-state index contributed by atoms with van der Waals surface area (Å²) in [6.07, 6.45) is -8.41. The molecule has 0 radical (unpaired) electrons. The number of hydrogen-bond acceptors (Lipinski definition) is 5. The largest absolute Gasteiger partial charge is 0.444 e. The second-order valence-corrected chi connectivity index (χ2v) is 9.43. The van der Waals surface area contributed by atoms with E-state index in [2.05, 4.69) is 15.4 Å². The molecule has 0 atom stereocenters. The van der Waals surface area contributed by atoms with Gasteiger partial charge in [0, 0.05) is 49.7 Å². The van der Waals surface area contributed by atoms with Gasteiger partial charge in [-0.25, -0.2) is 14.2 Å². The zero-order valence-electron chi connectivity index (χ0n) is 24.2. The third-order valence-corrected chi connectivity index (χ3v) is 5.55. The second-order valence-electron chi connectivity index (χ2n) is 9.43. The molecule has 188 valence electrons. The van der Waals surface area contributed by atoms with Crippen LogP contribution in [0.15, 0.2) is 36.4 Å². The molecule has 2 aromatic heterocycles. The Balaban J connectivity index is 1.73. The molecule has 1 N–H and O–H groups in total. The number of amides is 1. The molecule has 0 unspecified atom stereocenters. The number of fused-ring (bicyclic) bond motifs is 1. The number of likely N-dealkylation sites (tertiary alicyclic amines) is 1. The lowest BCUT2D eigenvalue weighted by Crippen LogP contribution is -2.64. The van der Waals surface area contributed by atoms with Gasteiger partial charge in [-0.3, -0.25) is 0 Å². The Morgan fingerprint density at radius 3 is 2.51 bits per heavy atom. The highest BCUT2D eigenvalue weighted by atomic mass is 19.4. The normalized spacial score (nSPS) is 18.6. The van der Waals surface area contributed by atoms with Crippen molar-refractivity contribution in [2.75, 3.05) is 25.0 Å². The number of anilines is 1. The summed E-state index contributed by atoms with van der Waals surface area (Å²) in [6, 6.07) is 7.12. The maximum atomic E-state index is 13.7. The van der Waals surface area contributed by atoms with Crippen LogP contribution < -0.4 is 5.32 Å². The summed E-state index contributed by atoms with van der Waals surface area (Å²) < 4.78 is 99.1. The van der Waals surface area contributed by atoms with E-state index < -0.39 is 59.4 Å². The van der Waals surface area contributed by atoms with Crippen molar-refractivity contribution in [3.05, 3.63) is 59.2 Å². The van der Waals surface area contributed by atoms with E-state index in [1.54, 1.807) is 20.8 Å². The smallest absolute Gasteiger partial charge is 0.435 e. The van der Waals surface area contributed by atoms with E-state index in [1.165, 1.54) is 29.2 Å². The summed E-state index contributed by atoms with van der Waals surface area (Å²) in [5, 5.41) is 6.50. The van der Waals surface area contributed by atoms with E-state index in [1.807, 2.05) is 0 Å². The number of hydrogen-bond donors (Lipinski definition) is 1. The van der Waals surface area contributed by atoms with Crippen LogP contribution in [0.25, 0.3) is 5.65 Å². The van der Waals surface area contributed by atoms with Gasteiger partial charge in [0.15, 0.2) is 11.3 Å². The Hall–Kier alpha value is -3.37. The van der Waals surface area contributed by atoms with Gasteiger partial charge >= 0.3 is 12.3 Å². The van der Waals surface area contributed by atoms with Gasteiger partial charge in [0.05, 0.1) is 0 Å². The fourth-order valence-corrected chi connectivity index (χ4v) is 3.90. The summed E-state index contributed by atoms with van der Waals surface area (Å²) in [5.41, 5.74) is -3.30. The van der Waals surface area contributed by atoms with Crippen LogP contribution in [0.2, 0.25) is 0 Å². The van der Waals surface area contributed by atoms with Gasteiger partial charge in [0.25, 0.3) is 0 Å². The molecule has 0 aliphatic carbocycles. The quantitative estimate of drug-likeness (QED) is 0.499.